The highest BCUT2D eigenvalue weighted by Crippen LogP contribution is 2.19. The molecule has 2 amide bonds. The van der Waals surface area contributed by atoms with E-state index in [1.54, 1.807) is 34.1 Å². The number of hydrogen-bond donors (Lipinski definition) is 1. The molecule has 2 rings (SSSR count). The minimum absolute atomic E-state index is 0.0933. The molecule has 0 spiro atoms. The van der Waals surface area contributed by atoms with Gasteiger partial charge in [-0.05, 0) is 24.3 Å². The van der Waals surface area contributed by atoms with Crippen LogP contribution in [0.5, 0.6) is 0 Å². The number of anilines is 1. The second-order valence-corrected chi connectivity index (χ2v) is 9.03. The maximum atomic E-state index is 12.6. The van der Waals surface area contributed by atoms with Crippen molar-refractivity contribution in [3.63, 3.8) is 0 Å². The molecule has 1 aromatic rings. The summed E-state index contributed by atoms with van der Waals surface area (Å²) in [6.45, 7) is 7.69. The predicted molar refractivity (Wildman–Crippen MR) is 96.8 cm³/mol. The molecular formula is C17H25N3O4S. The fourth-order valence-electron chi connectivity index (χ4n) is 2.66. The molecule has 1 heterocycles. The number of nitrogens with one attached hydrogen (secondary N) is 1. The average Bonchev–Trinajstić information content (AvgIpc) is 2.52. The molecule has 138 valence electrons. The summed E-state index contributed by atoms with van der Waals surface area (Å²) in [4.78, 5) is 28.3. The highest BCUT2D eigenvalue weighted by molar-refractivity contribution is 7.92. The lowest BCUT2D eigenvalue weighted by Gasteiger charge is -2.37. The average molecular weight is 367 g/mol. The molecule has 7 nitrogen and oxygen atoms in total. The summed E-state index contributed by atoms with van der Waals surface area (Å²) in [6, 6.07) is 6.33. The Morgan fingerprint density at radius 3 is 1.88 bits per heavy atom. The quantitative estimate of drug-likeness (QED) is 0.875. The fraction of sp³-hybridized carbons (Fsp3) is 0.529. The Bertz CT molecular complexity index is 743. The maximum Gasteiger partial charge on any atom is 0.253 e. The van der Waals surface area contributed by atoms with E-state index in [2.05, 4.69) is 4.72 Å². The van der Waals surface area contributed by atoms with Gasteiger partial charge < -0.3 is 9.80 Å². The lowest BCUT2D eigenvalue weighted by atomic mass is 9.94. The molecule has 1 N–H and O–H groups in total. The minimum Gasteiger partial charge on any atom is -0.339 e. The Labute approximate surface area is 149 Å². The summed E-state index contributed by atoms with van der Waals surface area (Å²) in [5, 5.41) is 0. The molecule has 0 atom stereocenters. The monoisotopic (exact) mass is 367 g/mol. The molecule has 1 aliphatic rings. The van der Waals surface area contributed by atoms with E-state index in [9.17, 15) is 18.0 Å². The van der Waals surface area contributed by atoms with Crippen LogP contribution in [0.4, 0.5) is 5.69 Å². The van der Waals surface area contributed by atoms with Gasteiger partial charge >= 0.3 is 0 Å². The molecule has 1 fully saturated rings. The molecular weight excluding hydrogens is 342 g/mol. The van der Waals surface area contributed by atoms with Gasteiger partial charge in [-0.3, -0.25) is 14.3 Å². The summed E-state index contributed by atoms with van der Waals surface area (Å²) < 4.78 is 24.8. The van der Waals surface area contributed by atoms with Gasteiger partial charge in [-0.1, -0.05) is 20.8 Å². The highest BCUT2D eigenvalue weighted by atomic mass is 32.2. The van der Waals surface area contributed by atoms with Crippen LogP contribution < -0.4 is 4.72 Å². The molecule has 1 aromatic carbocycles. The Balaban J connectivity index is 1.97. The Hall–Kier alpha value is -2.09. The summed E-state index contributed by atoms with van der Waals surface area (Å²) in [6.07, 6.45) is 1.07. The predicted octanol–water partition coefficient (Wildman–Crippen LogP) is 1.39. The first-order chi connectivity index (χ1) is 11.5. The number of carbonyl (C=O) groups excluding carboxylic acids is 2. The van der Waals surface area contributed by atoms with E-state index in [0.717, 1.165) is 6.26 Å². The van der Waals surface area contributed by atoms with E-state index in [0.29, 0.717) is 37.4 Å². The van der Waals surface area contributed by atoms with Crippen molar-refractivity contribution in [1.82, 2.24) is 9.80 Å². The lowest BCUT2D eigenvalue weighted by Crippen LogP contribution is -2.53. The summed E-state index contributed by atoms with van der Waals surface area (Å²) in [7, 11) is -3.34. The highest BCUT2D eigenvalue weighted by Gasteiger charge is 2.31. The molecule has 25 heavy (non-hydrogen) atoms. The van der Waals surface area contributed by atoms with E-state index in [1.807, 2.05) is 20.8 Å². The smallest absolute Gasteiger partial charge is 0.253 e. The second kappa shape index (κ2) is 7.03. The van der Waals surface area contributed by atoms with Crippen LogP contribution in [0.2, 0.25) is 0 Å². The first-order valence-electron chi connectivity index (χ1n) is 8.14. The van der Waals surface area contributed by atoms with Crippen molar-refractivity contribution < 1.29 is 18.0 Å². The molecule has 8 heteroatoms. The van der Waals surface area contributed by atoms with Crippen molar-refractivity contribution in [2.75, 3.05) is 37.2 Å². The van der Waals surface area contributed by atoms with E-state index in [1.165, 1.54) is 0 Å². The van der Waals surface area contributed by atoms with Crippen LogP contribution in [0.15, 0.2) is 24.3 Å². The van der Waals surface area contributed by atoms with Crippen LogP contribution in [0.1, 0.15) is 31.1 Å². The van der Waals surface area contributed by atoms with Crippen molar-refractivity contribution >= 4 is 27.5 Å². The van der Waals surface area contributed by atoms with Crippen molar-refractivity contribution in [2.45, 2.75) is 20.8 Å². The van der Waals surface area contributed by atoms with Crippen LogP contribution in [0.3, 0.4) is 0 Å². The molecule has 0 saturated carbocycles. The zero-order valence-electron chi connectivity index (χ0n) is 15.1. The number of benzene rings is 1. The van der Waals surface area contributed by atoms with Gasteiger partial charge in [0.2, 0.25) is 15.9 Å². The number of nitrogens with zero attached hydrogens (tertiary/aromatic N) is 2. The third kappa shape index (κ3) is 5.19. The third-order valence-corrected chi connectivity index (χ3v) is 4.54. The molecule has 0 radical (unpaired) electrons. The van der Waals surface area contributed by atoms with Gasteiger partial charge in [0.1, 0.15) is 0 Å². The minimum atomic E-state index is -3.34. The number of rotatable bonds is 3. The zero-order chi connectivity index (χ0) is 18.8. The zero-order valence-corrected chi connectivity index (χ0v) is 15.9. The van der Waals surface area contributed by atoms with Gasteiger partial charge in [0.25, 0.3) is 5.91 Å². The van der Waals surface area contributed by atoms with Gasteiger partial charge in [0.15, 0.2) is 0 Å². The standard InChI is InChI=1S/C17H25N3O4S/c1-17(2,3)16(22)20-11-9-19(10-12-20)15(21)13-5-7-14(8-6-13)18-25(4,23)24/h5-8,18H,9-12H2,1-4H3. The van der Waals surface area contributed by atoms with E-state index >= 15 is 0 Å². The van der Waals surface area contributed by atoms with E-state index < -0.39 is 15.4 Å². The van der Waals surface area contributed by atoms with E-state index in [-0.39, 0.29) is 11.8 Å². The van der Waals surface area contributed by atoms with Crippen LogP contribution in [-0.2, 0) is 14.8 Å². The Morgan fingerprint density at radius 2 is 1.44 bits per heavy atom. The van der Waals surface area contributed by atoms with Crippen molar-refractivity contribution in [2.24, 2.45) is 5.41 Å². The first-order valence-corrected chi connectivity index (χ1v) is 10.0. The largest absolute Gasteiger partial charge is 0.339 e. The van der Waals surface area contributed by atoms with Gasteiger partial charge in [-0.25, -0.2) is 8.42 Å². The number of sulfonamides is 1. The summed E-state index contributed by atoms with van der Waals surface area (Å²) in [5.41, 5.74) is 0.489. The van der Waals surface area contributed by atoms with Crippen LogP contribution in [0.25, 0.3) is 0 Å². The third-order valence-electron chi connectivity index (χ3n) is 3.93. The van der Waals surface area contributed by atoms with Crippen LogP contribution in [-0.4, -0.2) is 62.5 Å². The Morgan fingerprint density at radius 1 is 0.960 bits per heavy atom. The van der Waals surface area contributed by atoms with Gasteiger partial charge in [-0.15, -0.1) is 0 Å². The topological polar surface area (TPSA) is 86.8 Å². The van der Waals surface area contributed by atoms with E-state index in [4.69, 9.17) is 0 Å². The molecule has 0 unspecified atom stereocenters. The lowest BCUT2D eigenvalue weighted by molar-refractivity contribution is -0.140. The second-order valence-electron chi connectivity index (χ2n) is 7.29. The summed E-state index contributed by atoms with van der Waals surface area (Å²) >= 11 is 0. The molecule has 0 aliphatic carbocycles. The summed E-state index contributed by atoms with van der Waals surface area (Å²) in [5.74, 6) is -0.0236. The number of carbonyl (C=O) groups is 2. The SMILES string of the molecule is CC(C)(C)C(=O)N1CCN(C(=O)c2ccc(NS(C)(=O)=O)cc2)CC1. The number of piperazine rings is 1. The number of hydrogen-bond acceptors (Lipinski definition) is 4. The molecule has 0 aromatic heterocycles. The first kappa shape index (κ1) is 19.2. The van der Waals surface area contributed by atoms with Crippen molar-refractivity contribution in [3.8, 4) is 0 Å². The Kier molecular flexibility index (Phi) is 5.41. The normalized spacial score (nSPS) is 15.8. The van der Waals surface area contributed by atoms with Gasteiger partial charge in [-0.2, -0.15) is 0 Å². The molecule has 1 aliphatic heterocycles. The van der Waals surface area contributed by atoms with Gasteiger partial charge in [0, 0.05) is 42.8 Å². The van der Waals surface area contributed by atoms with Crippen LogP contribution in [0, 0.1) is 5.41 Å². The van der Waals surface area contributed by atoms with Crippen molar-refractivity contribution in [3.05, 3.63) is 29.8 Å². The maximum absolute atomic E-state index is 12.6. The fourth-order valence-corrected chi connectivity index (χ4v) is 3.23. The molecule has 1 saturated heterocycles. The number of amides is 2. The van der Waals surface area contributed by atoms with Crippen LogP contribution >= 0.6 is 0 Å². The molecule has 0 bridgehead atoms. The van der Waals surface area contributed by atoms with Gasteiger partial charge in [0.05, 0.1) is 6.26 Å². The van der Waals surface area contributed by atoms with Crippen molar-refractivity contribution in [1.29, 1.82) is 0 Å².